The fourth-order valence-corrected chi connectivity index (χ4v) is 2.26. The van der Waals surface area contributed by atoms with Gasteiger partial charge in [0.2, 0.25) is 0 Å². The van der Waals surface area contributed by atoms with Crippen molar-refractivity contribution in [3.05, 3.63) is 29.6 Å². The molecule has 0 unspecified atom stereocenters. The molecule has 2 amide bonds. The second-order valence-electron chi connectivity index (χ2n) is 4.99. The van der Waals surface area contributed by atoms with Crippen molar-refractivity contribution in [2.75, 3.05) is 11.9 Å². The van der Waals surface area contributed by atoms with E-state index in [1.807, 2.05) is 0 Å². The van der Waals surface area contributed by atoms with Crippen molar-refractivity contribution in [2.45, 2.75) is 31.3 Å². The van der Waals surface area contributed by atoms with Crippen molar-refractivity contribution in [1.82, 2.24) is 5.32 Å². The first-order valence-corrected chi connectivity index (χ1v) is 6.31. The lowest BCUT2D eigenvalue weighted by atomic mass is 10.0. The van der Waals surface area contributed by atoms with Gasteiger partial charge in [0.1, 0.15) is 0 Å². The molecule has 110 valence electrons. The maximum absolute atomic E-state index is 13.0. The molecule has 0 saturated heterocycles. The van der Waals surface area contributed by atoms with Crippen LogP contribution < -0.4 is 10.6 Å². The van der Waals surface area contributed by atoms with Gasteiger partial charge in [-0.25, -0.2) is 18.0 Å². The number of rotatable bonds is 3. The molecule has 0 radical (unpaired) electrons. The molecular formula is C13H15F3N2O2. The zero-order valence-electron chi connectivity index (χ0n) is 10.7. The van der Waals surface area contributed by atoms with E-state index < -0.39 is 29.1 Å². The molecule has 1 saturated carbocycles. The van der Waals surface area contributed by atoms with Gasteiger partial charge in [-0.1, -0.05) is 12.8 Å². The number of benzene rings is 1. The number of amides is 2. The molecule has 0 heterocycles. The van der Waals surface area contributed by atoms with Crippen LogP contribution in [-0.2, 0) is 0 Å². The average molecular weight is 288 g/mol. The fourth-order valence-electron chi connectivity index (χ4n) is 2.26. The molecule has 0 atom stereocenters. The van der Waals surface area contributed by atoms with E-state index >= 15 is 0 Å². The zero-order chi connectivity index (χ0) is 14.8. The summed E-state index contributed by atoms with van der Waals surface area (Å²) in [5, 5.41) is 14.6. The van der Waals surface area contributed by atoms with E-state index in [1.54, 1.807) is 0 Å². The van der Waals surface area contributed by atoms with Gasteiger partial charge >= 0.3 is 6.03 Å². The molecule has 1 aliphatic rings. The summed E-state index contributed by atoms with van der Waals surface area (Å²) < 4.78 is 38.7. The minimum absolute atomic E-state index is 0.0605. The SMILES string of the molecule is O=C(NCC1(O)CCCC1)Nc1cc(F)c(F)c(F)c1. The normalized spacial score (nSPS) is 17.0. The first kappa shape index (κ1) is 14.6. The Kier molecular flexibility index (Phi) is 4.17. The second kappa shape index (κ2) is 5.70. The van der Waals surface area contributed by atoms with Crippen molar-refractivity contribution < 1.29 is 23.1 Å². The van der Waals surface area contributed by atoms with Crippen LogP contribution in [0.4, 0.5) is 23.7 Å². The molecule has 1 fully saturated rings. The van der Waals surface area contributed by atoms with Gasteiger partial charge in [0.15, 0.2) is 17.5 Å². The molecule has 3 N–H and O–H groups in total. The second-order valence-corrected chi connectivity index (χ2v) is 4.99. The highest BCUT2D eigenvalue weighted by Gasteiger charge is 2.31. The van der Waals surface area contributed by atoms with Crippen LogP contribution in [0.5, 0.6) is 0 Å². The highest BCUT2D eigenvalue weighted by atomic mass is 19.2. The minimum Gasteiger partial charge on any atom is -0.388 e. The van der Waals surface area contributed by atoms with Gasteiger partial charge in [0.25, 0.3) is 0 Å². The third kappa shape index (κ3) is 3.41. The third-order valence-electron chi connectivity index (χ3n) is 3.35. The standard InChI is InChI=1S/C13H15F3N2O2/c14-9-5-8(6-10(15)11(9)16)18-12(19)17-7-13(20)3-1-2-4-13/h5-6,20H,1-4,7H2,(H2,17,18,19). The number of carbonyl (C=O) groups excluding carboxylic acids is 1. The van der Waals surface area contributed by atoms with Crippen LogP contribution in [0.15, 0.2) is 12.1 Å². The Morgan fingerprint density at radius 2 is 1.75 bits per heavy atom. The summed E-state index contributed by atoms with van der Waals surface area (Å²) in [5.74, 6) is -4.35. The van der Waals surface area contributed by atoms with Gasteiger partial charge in [-0.05, 0) is 12.8 Å². The summed E-state index contributed by atoms with van der Waals surface area (Å²) in [5.41, 5.74) is -1.12. The Bertz CT molecular complexity index is 493. The van der Waals surface area contributed by atoms with Crippen molar-refractivity contribution in [3.63, 3.8) is 0 Å². The molecule has 1 aromatic carbocycles. The maximum atomic E-state index is 13.0. The maximum Gasteiger partial charge on any atom is 0.319 e. The summed E-state index contributed by atoms with van der Waals surface area (Å²) in [6.45, 7) is 0.0605. The molecule has 0 bridgehead atoms. The molecule has 1 aliphatic carbocycles. The molecule has 0 aromatic heterocycles. The highest BCUT2D eigenvalue weighted by Crippen LogP contribution is 2.28. The van der Waals surface area contributed by atoms with Crippen LogP contribution >= 0.6 is 0 Å². The number of urea groups is 1. The van der Waals surface area contributed by atoms with Gasteiger partial charge in [-0.15, -0.1) is 0 Å². The van der Waals surface area contributed by atoms with Gasteiger partial charge in [-0.2, -0.15) is 0 Å². The number of aliphatic hydroxyl groups is 1. The number of hydrogen-bond acceptors (Lipinski definition) is 2. The monoisotopic (exact) mass is 288 g/mol. The van der Waals surface area contributed by atoms with Crippen LogP contribution in [0.25, 0.3) is 0 Å². The topological polar surface area (TPSA) is 61.4 Å². The lowest BCUT2D eigenvalue weighted by molar-refractivity contribution is 0.0506. The molecule has 7 heteroatoms. The predicted octanol–water partition coefficient (Wildman–Crippen LogP) is 2.53. The van der Waals surface area contributed by atoms with Gasteiger partial charge in [0, 0.05) is 24.4 Å². The Morgan fingerprint density at radius 3 is 2.30 bits per heavy atom. The lowest BCUT2D eigenvalue weighted by Crippen LogP contribution is -2.42. The van der Waals surface area contributed by atoms with E-state index in [9.17, 15) is 23.1 Å². The molecule has 20 heavy (non-hydrogen) atoms. The number of anilines is 1. The summed E-state index contributed by atoms with van der Waals surface area (Å²) in [6, 6.07) is 0.653. The van der Waals surface area contributed by atoms with E-state index in [4.69, 9.17) is 0 Å². The fraction of sp³-hybridized carbons (Fsp3) is 0.462. The minimum atomic E-state index is -1.59. The number of hydrogen-bond donors (Lipinski definition) is 3. The van der Waals surface area contributed by atoms with Crippen molar-refractivity contribution >= 4 is 11.7 Å². The van der Waals surface area contributed by atoms with Crippen molar-refractivity contribution in [1.29, 1.82) is 0 Å². The van der Waals surface area contributed by atoms with Crippen LogP contribution in [0.2, 0.25) is 0 Å². The summed E-state index contributed by atoms with van der Waals surface area (Å²) >= 11 is 0. The van der Waals surface area contributed by atoms with Crippen molar-refractivity contribution in [3.8, 4) is 0 Å². The Hall–Kier alpha value is -1.76. The number of nitrogens with one attached hydrogen (secondary N) is 2. The molecular weight excluding hydrogens is 273 g/mol. The molecule has 1 aromatic rings. The average Bonchev–Trinajstić information content (AvgIpc) is 2.81. The first-order chi connectivity index (χ1) is 9.39. The first-order valence-electron chi connectivity index (χ1n) is 6.31. The van der Waals surface area contributed by atoms with E-state index in [0.29, 0.717) is 25.0 Å². The van der Waals surface area contributed by atoms with E-state index in [0.717, 1.165) is 12.8 Å². The summed E-state index contributed by atoms with van der Waals surface area (Å²) in [6.07, 6.45) is 3.00. The van der Waals surface area contributed by atoms with E-state index in [1.165, 1.54) is 0 Å². The largest absolute Gasteiger partial charge is 0.388 e. The molecule has 0 aliphatic heterocycles. The van der Waals surface area contributed by atoms with Crippen LogP contribution in [0, 0.1) is 17.5 Å². The summed E-state index contributed by atoms with van der Waals surface area (Å²) in [4.78, 5) is 11.5. The highest BCUT2D eigenvalue weighted by molar-refractivity contribution is 5.89. The van der Waals surface area contributed by atoms with Crippen LogP contribution in [0.3, 0.4) is 0 Å². The third-order valence-corrected chi connectivity index (χ3v) is 3.35. The quantitative estimate of drug-likeness (QED) is 0.748. The number of carbonyl (C=O) groups is 1. The number of halogens is 3. The molecule has 4 nitrogen and oxygen atoms in total. The smallest absolute Gasteiger partial charge is 0.319 e. The van der Waals surface area contributed by atoms with Gasteiger partial charge in [0.05, 0.1) is 5.60 Å². The Labute approximate surface area is 114 Å². The molecule has 0 spiro atoms. The van der Waals surface area contributed by atoms with E-state index in [2.05, 4.69) is 10.6 Å². The lowest BCUT2D eigenvalue weighted by Gasteiger charge is -2.22. The van der Waals surface area contributed by atoms with E-state index in [-0.39, 0.29) is 12.2 Å². The van der Waals surface area contributed by atoms with Crippen molar-refractivity contribution in [2.24, 2.45) is 0 Å². The molecule has 2 rings (SSSR count). The Morgan fingerprint density at radius 1 is 1.20 bits per heavy atom. The predicted molar refractivity (Wildman–Crippen MR) is 66.8 cm³/mol. The zero-order valence-corrected chi connectivity index (χ0v) is 10.7. The Balaban J connectivity index is 1.91. The van der Waals surface area contributed by atoms with Gasteiger partial charge < -0.3 is 15.7 Å². The summed E-state index contributed by atoms with van der Waals surface area (Å²) in [7, 11) is 0. The van der Waals surface area contributed by atoms with Crippen LogP contribution in [0.1, 0.15) is 25.7 Å². The van der Waals surface area contributed by atoms with Gasteiger partial charge in [-0.3, -0.25) is 0 Å². The van der Waals surface area contributed by atoms with Crippen LogP contribution in [-0.4, -0.2) is 23.3 Å².